The van der Waals surface area contributed by atoms with Gasteiger partial charge in [-0.25, -0.2) is 4.98 Å². The second-order valence-corrected chi connectivity index (χ2v) is 10.1. The SMILES string of the molecule is Cc1nc(-c2ccc(OCCCCCOc3ccc(/C(N)=N/O)cc3)cc2)c(CCN(CCO)CCO)s1. The number of ether oxygens (including phenoxy) is 2. The average Bonchev–Trinajstić information content (AvgIpc) is 3.32. The molecule has 0 bridgehead atoms. The zero-order chi connectivity index (χ0) is 27.2. The van der Waals surface area contributed by atoms with Gasteiger partial charge in [0.25, 0.3) is 0 Å². The lowest BCUT2D eigenvalue weighted by molar-refractivity contribution is 0.162. The van der Waals surface area contributed by atoms with Crippen molar-refractivity contribution in [3.8, 4) is 22.8 Å². The van der Waals surface area contributed by atoms with Crippen LogP contribution in [0, 0.1) is 6.92 Å². The van der Waals surface area contributed by atoms with Gasteiger partial charge < -0.3 is 30.6 Å². The maximum Gasteiger partial charge on any atom is 0.170 e. The van der Waals surface area contributed by atoms with Gasteiger partial charge in [0.1, 0.15) is 11.5 Å². The Morgan fingerprint density at radius 1 is 0.895 bits per heavy atom. The van der Waals surface area contributed by atoms with Crippen LogP contribution in [0.25, 0.3) is 11.3 Å². The Kier molecular flexibility index (Phi) is 12.3. The molecular formula is C28H38N4O5S. The van der Waals surface area contributed by atoms with Crippen LogP contribution in [0.5, 0.6) is 11.5 Å². The summed E-state index contributed by atoms with van der Waals surface area (Å²) in [7, 11) is 0. The minimum atomic E-state index is 0.0748. The number of nitrogens with zero attached hydrogens (tertiary/aromatic N) is 3. The molecule has 0 aliphatic carbocycles. The van der Waals surface area contributed by atoms with Gasteiger partial charge in [-0.3, -0.25) is 4.90 Å². The van der Waals surface area contributed by atoms with E-state index >= 15 is 0 Å². The van der Waals surface area contributed by atoms with Gasteiger partial charge in [-0.2, -0.15) is 0 Å². The molecule has 9 nitrogen and oxygen atoms in total. The number of nitrogens with two attached hydrogens (primary N) is 1. The molecule has 0 spiro atoms. The maximum absolute atomic E-state index is 9.25. The monoisotopic (exact) mass is 542 g/mol. The second-order valence-electron chi connectivity index (χ2n) is 8.84. The van der Waals surface area contributed by atoms with E-state index in [1.807, 2.05) is 31.2 Å². The highest BCUT2D eigenvalue weighted by Crippen LogP contribution is 2.30. The molecule has 0 unspecified atom stereocenters. The van der Waals surface area contributed by atoms with Crippen molar-refractivity contribution in [2.45, 2.75) is 32.6 Å². The number of oxime groups is 1. The van der Waals surface area contributed by atoms with Gasteiger partial charge >= 0.3 is 0 Å². The van der Waals surface area contributed by atoms with Crippen LogP contribution in [0.4, 0.5) is 0 Å². The highest BCUT2D eigenvalue weighted by molar-refractivity contribution is 7.12. The van der Waals surface area contributed by atoms with Crippen LogP contribution in [-0.4, -0.2) is 77.2 Å². The third-order valence-electron chi connectivity index (χ3n) is 6.00. The molecule has 0 aliphatic heterocycles. The highest BCUT2D eigenvalue weighted by atomic mass is 32.1. The summed E-state index contributed by atoms with van der Waals surface area (Å²) < 4.78 is 11.7. The molecule has 38 heavy (non-hydrogen) atoms. The fourth-order valence-electron chi connectivity index (χ4n) is 3.99. The number of aromatic nitrogens is 1. The van der Waals surface area contributed by atoms with Crippen molar-refractivity contribution in [3.63, 3.8) is 0 Å². The summed E-state index contributed by atoms with van der Waals surface area (Å²) in [6.45, 7) is 5.31. The molecule has 0 amide bonds. The molecular weight excluding hydrogens is 504 g/mol. The molecule has 0 saturated heterocycles. The predicted octanol–water partition coefficient (Wildman–Crippen LogP) is 3.67. The van der Waals surface area contributed by atoms with E-state index < -0.39 is 0 Å². The topological polar surface area (TPSA) is 134 Å². The minimum Gasteiger partial charge on any atom is -0.494 e. The van der Waals surface area contributed by atoms with Crippen molar-refractivity contribution in [1.29, 1.82) is 0 Å². The van der Waals surface area contributed by atoms with E-state index in [0.29, 0.717) is 31.9 Å². The number of benzene rings is 2. The van der Waals surface area contributed by atoms with Crippen LogP contribution in [0.1, 0.15) is 34.7 Å². The van der Waals surface area contributed by atoms with Crippen LogP contribution >= 0.6 is 11.3 Å². The molecule has 2 aromatic carbocycles. The first kappa shape index (κ1) is 29.4. The lowest BCUT2D eigenvalue weighted by Gasteiger charge is -2.19. The van der Waals surface area contributed by atoms with Crippen LogP contribution in [0.3, 0.4) is 0 Å². The smallest absolute Gasteiger partial charge is 0.170 e. The molecule has 0 saturated carbocycles. The number of rotatable bonds is 17. The summed E-state index contributed by atoms with van der Waals surface area (Å²) in [5, 5.41) is 31.2. The Morgan fingerprint density at radius 2 is 1.47 bits per heavy atom. The van der Waals surface area contributed by atoms with Gasteiger partial charge in [-0.15, -0.1) is 11.3 Å². The number of amidine groups is 1. The maximum atomic E-state index is 9.25. The number of unbranched alkanes of at least 4 members (excludes halogenated alkanes) is 2. The van der Waals surface area contributed by atoms with Gasteiger partial charge in [-0.05, 0) is 81.1 Å². The first-order chi connectivity index (χ1) is 18.5. The fraction of sp³-hybridized carbons (Fsp3) is 0.429. The van der Waals surface area contributed by atoms with Crippen LogP contribution in [0.15, 0.2) is 53.7 Å². The van der Waals surface area contributed by atoms with E-state index in [1.165, 1.54) is 4.88 Å². The summed E-state index contributed by atoms with van der Waals surface area (Å²) in [5.74, 6) is 1.66. The molecule has 206 valence electrons. The molecule has 1 aromatic heterocycles. The number of aliphatic hydroxyl groups is 2. The Hall–Kier alpha value is -3.18. The van der Waals surface area contributed by atoms with Crippen LogP contribution < -0.4 is 15.2 Å². The largest absolute Gasteiger partial charge is 0.494 e. The van der Waals surface area contributed by atoms with E-state index in [9.17, 15) is 10.2 Å². The van der Waals surface area contributed by atoms with E-state index in [-0.39, 0.29) is 19.0 Å². The zero-order valence-corrected chi connectivity index (χ0v) is 22.7. The summed E-state index contributed by atoms with van der Waals surface area (Å²) in [6.07, 6.45) is 3.66. The molecule has 3 rings (SSSR count). The molecule has 0 fully saturated rings. The molecule has 0 atom stereocenters. The molecule has 5 N–H and O–H groups in total. The summed E-state index contributed by atoms with van der Waals surface area (Å²) in [6, 6.07) is 15.2. The second kappa shape index (κ2) is 15.9. The van der Waals surface area contributed by atoms with E-state index in [2.05, 4.69) is 10.1 Å². The lowest BCUT2D eigenvalue weighted by Crippen LogP contribution is -2.31. The molecule has 3 aromatic rings. The Morgan fingerprint density at radius 3 is 2.03 bits per heavy atom. The van der Waals surface area contributed by atoms with Crippen molar-refractivity contribution in [3.05, 3.63) is 64.0 Å². The zero-order valence-electron chi connectivity index (χ0n) is 21.9. The van der Waals surface area contributed by atoms with Crippen molar-refractivity contribution in [2.24, 2.45) is 10.9 Å². The predicted molar refractivity (Wildman–Crippen MR) is 150 cm³/mol. The standard InChI is InChI=1S/C28H38N4O5S/c1-21-30-27(26(38-21)13-14-32(15-17-33)16-18-34)22-5-9-24(10-6-22)36-19-3-2-4-20-37-25-11-7-23(8-12-25)28(29)31-35/h5-12,33-35H,2-4,13-20H2,1H3,(H2,29,31). The number of hydrogen-bond donors (Lipinski definition) is 4. The number of aliphatic hydroxyl groups excluding tert-OH is 2. The number of hydrogen-bond acceptors (Lipinski definition) is 9. The van der Waals surface area contributed by atoms with Gasteiger partial charge in [0.15, 0.2) is 5.84 Å². The van der Waals surface area contributed by atoms with Gasteiger partial charge in [-0.1, -0.05) is 5.16 Å². The Balaban J connectivity index is 1.39. The number of aryl methyl sites for hydroxylation is 1. The average molecular weight is 543 g/mol. The minimum absolute atomic E-state index is 0.0748. The highest BCUT2D eigenvalue weighted by Gasteiger charge is 2.13. The Bertz CT molecular complexity index is 1110. The quantitative estimate of drug-likeness (QED) is 0.0668. The van der Waals surface area contributed by atoms with Crippen molar-refractivity contribution in [1.82, 2.24) is 9.88 Å². The summed E-state index contributed by atoms with van der Waals surface area (Å²) in [5.41, 5.74) is 8.26. The third kappa shape index (κ3) is 9.29. The van der Waals surface area contributed by atoms with Gasteiger partial charge in [0.2, 0.25) is 0 Å². The van der Waals surface area contributed by atoms with E-state index in [0.717, 1.165) is 60.0 Å². The first-order valence-electron chi connectivity index (χ1n) is 12.9. The van der Waals surface area contributed by atoms with Crippen molar-refractivity contribution in [2.75, 3.05) is 46.1 Å². The fourth-order valence-corrected chi connectivity index (χ4v) is 4.94. The molecule has 1 heterocycles. The molecule has 0 aliphatic rings. The molecule has 0 radical (unpaired) electrons. The molecule has 10 heteroatoms. The normalized spacial score (nSPS) is 11.7. The van der Waals surface area contributed by atoms with Crippen LogP contribution in [-0.2, 0) is 6.42 Å². The van der Waals surface area contributed by atoms with Crippen molar-refractivity contribution < 1.29 is 24.9 Å². The summed E-state index contributed by atoms with van der Waals surface area (Å²) in [4.78, 5) is 8.02. The summed E-state index contributed by atoms with van der Waals surface area (Å²) >= 11 is 1.69. The first-order valence-corrected chi connectivity index (χ1v) is 13.7. The van der Waals surface area contributed by atoms with E-state index in [4.69, 9.17) is 25.4 Å². The third-order valence-corrected chi connectivity index (χ3v) is 7.03. The van der Waals surface area contributed by atoms with Crippen molar-refractivity contribution >= 4 is 17.2 Å². The number of thiazole rings is 1. The van der Waals surface area contributed by atoms with Gasteiger partial charge in [0.05, 0.1) is 37.1 Å². The van der Waals surface area contributed by atoms with Gasteiger partial charge in [0, 0.05) is 35.6 Å². The van der Waals surface area contributed by atoms with E-state index in [1.54, 1.807) is 35.6 Å². The van der Waals surface area contributed by atoms with Crippen LogP contribution in [0.2, 0.25) is 0 Å². The lowest BCUT2D eigenvalue weighted by atomic mass is 10.1. The Labute approximate surface area is 228 Å².